The second-order valence-electron chi connectivity index (χ2n) is 2.33. The van der Waals surface area contributed by atoms with Crippen molar-refractivity contribution in [2.75, 3.05) is 0 Å². The topological polar surface area (TPSA) is 0 Å². The second kappa shape index (κ2) is 1.39. The Hall–Kier alpha value is -0.210. The lowest BCUT2D eigenvalue weighted by atomic mass is 10.3. The number of hydrogen-bond donors (Lipinski definition) is 0. The van der Waals surface area contributed by atoms with Gasteiger partial charge in [0.25, 0.3) is 6.43 Å². The number of halogens is 3. The molecule has 3 heteroatoms. The molecule has 2 atom stereocenters. The number of hydrogen-bond acceptors (Lipinski definition) is 0. The van der Waals surface area contributed by atoms with Gasteiger partial charge in [0, 0.05) is 0 Å². The van der Waals surface area contributed by atoms with Crippen LogP contribution in [0.15, 0.2) is 0 Å². The molecule has 0 bridgehead atoms. The van der Waals surface area contributed by atoms with Crippen molar-refractivity contribution >= 4 is 0 Å². The van der Waals surface area contributed by atoms with Gasteiger partial charge in [-0.2, -0.15) is 0 Å². The van der Waals surface area contributed by atoms with E-state index in [-0.39, 0.29) is 6.42 Å². The first-order valence-corrected chi connectivity index (χ1v) is 2.54. The Morgan fingerprint density at radius 3 is 2.00 bits per heavy atom. The van der Waals surface area contributed by atoms with E-state index in [9.17, 15) is 13.2 Å². The SMILES string of the molecule is C[C@@H]1C[C@]1(F)C(F)F. The lowest BCUT2D eigenvalue weighted by Crippen LogP contribution is -2.14. The molecule has 1 saturated carbocycles. The van der Waals surface area contributed by atoms with Crippen molar-refractivity contribution in [1.29, 1.82) is 0 Å². The fourth-order valence-electron chi connectivity index (χ4n) is 0.715. The first kappa shape index (κ1) is 5.92. The van der Waals surface area contributed by atoms with E-state index >= 15 is 0 Å². The Labute approximate surface area is 45.7 Å². The lowest BCUT2D eigenvalue weighted by Gasteiger charge is -2.00. The minimum absolute atomic E-state index is 0.0324. The van der Waals surface area contributed by atoms with Crippen molar-refractivity contribution in [2.24, 2.45) is 5.92 Å². The van der Waals surface area contributed by atoms with E-state index in [1.165, 1.54) is 6.92 Å². The van der Waals surface area contributed by atoms with Crippen LogP contribution in [0.3, 0.4) is 0 Å². The molecule has 0 nitrogen and oxygen atoms in total. The molecule has 0 saturated heterocycles. The van der Waals surface area contributed by atoms with E-state index in [1.807, 2.05) is 0 Å². The minimum Gasteiger partial charge on any atom is -0.237 e. The van der Waals surface area contributed by atoms with Crippen molar-refractivity contribution in [1.82, 2.24) is 0 Å². The summed E-state index contributed by atoms with van der Waals surface area (Å²) in [6, 6.07) is 0. The van der Waals surface area contributed by atoms with E-state index in [1.54, 1.807) is 0 Å². The van der Waals surface area contributed by atoms with E-state index in [2.05, 4.69) is 0 Å². The summed E-state index contributed by atoms with van der Waals surface area (Å²) < 4.78 is 35.2. The molecule has 0 spiro atoms. The van der Waals surface area contributed by atoms with Crippen LogP contribution < -0.4 is 0 Å². The number of alkyl halides is 3. The molecule has 1 aliphatic rings. The van der Waals surface area contributed by atoms with Gasteiger partial charge in [0.2, 0.25) is 0 Å². The van der Waals surface area contributed by atoms with Crippen LogP contribution in [-0.2, 0) is 0 Å². The Morgan fingerprint density at radius 2 is 2.00 bits per heavy atom. The van der Waals surface area contributed by atoms with Gasteiger partial charge in [-0.25, -0.2) is 13.2 Å². The predicted octanol–water partition coefficient (Wildman–Crippen LogP) is 2.00. The summed E-state index contributed by atoms with van der Waals surface area (Å²) in [4.78, 5) is 0. The summed E-state index contributed by atoms with van der Waals surface area (Å²) in [7, 11) is 0. The quantitative estimate of drug-likeness (QED) is 0.501. The molecule has 0 N–H and O–H groups in total. The standard InChI is InChI=1S/C5H7F3/c1-3-2-5(3,8)4(6)7/h3-4H,2H2,1H3/t3-,5-/m1/s1. The zero-order chi connectivity index (χ0) is 6.36. The Bertz CT molecular complexity index is 102. The third-order valence-electron chi connectivity index (χ3n) is 1.64. The van der Waals surface area contributed by atoms with Crippen LogP contribution in [0.4, 0.5) is 13.2 Å². The lowest BCUT2D eigenvalue weighted by molar-refractivity contribution is 0.0247. The van der Waals surface area contributed by atoms with Gasteiger partial charge in [-0.05, 0) is 12.3 Å². The van der Waals surface area contributed by atoms with Crippen LogP contribution in [0.5, 0.6) is 0 Å². The molecule has 0 amide bonds. The third-order valence-corrected chi connectivity index (χ3v) is 1.64. The zero-order valence-corrected chi connectivity index (χ0v) is 4.50. The smallest absolute Gasteiger partial charge is 0.237 e. The fourth-order valence-corrected chi connectivity index (χ4v) is 0.715. The van der Waals surface area contributed by atoms with Crippen molar-refractivity contribution in [2.45, 2.75) is 25.4 Å². The predicted molar refractivity (Wildman–Crippen MR) is 23.6 cm³/mol. The number of rotatable bonds is 1. The zero-order valence-electron chi connectivity index (χ0n) is 4.50. The monoisotopic (exact) mass is 124 g/mol. The molecule has 0 aromatic heterocycles. The molecule has 1 aliphatic carbocycles. The fraction of sp³-hybridized carbons (Fsp3) is 1.00. The molecule has 0 radical (unpaired) electrons. The molecule has 0 unspecified atom stereocenters. The molecular weight excluding hydrogens is 117 g/mol. The highest BCUT2D eigenvalue weighted by molar-refractivity contribution is 5.03. The summed E-state index contributed by atoms with van der Waals surface area (Å²) in [5, 5.41) is 0. The summed E-state index contributed by atoms with van der Waals surface area (Å²) in [6.45, 7) is 1.49. The largest absolute Gasteiger partial charge is 0.272 e. The third kappa shape index (κ3) is 0.607. The molecule has 8 heavy (non-hydrogen) atoms. The van der Waals surface area contributed by atoms with Crippen molar-refractivity contribution < 1.29 is 13.2 Å². The normalized spacial score (nSPS) is 45.4. The van der Waals surface area contributed by atoms with Crippen LogP contribution in [0.25, 0.3) is 0 Å². The van der Waals surface area contributed by atoms with Gasteiger partial charge in [0.05, 0.1) is 0 Å². The van der Waals surface area contributed by atoms with Crippen LogP contribution in [-0.4, -0.2) is 12.1 Å². The van der Waals surface area contributed by atoms with Gasteiger partial charge >= 0.3 is 0 Å². The van der Waals surface area contributed by atoms with Crippen molar-refractivity contribution in [3.05, 3.63) is 0 Å². The molecular formula is C5H7F3. The average Bonchev–Trinajstić information content (AvgIpc) is 2.17. The van der Waals surface area contributed by atoms with E-state index < -0.39 is 18.0 Å². The summed E-state index contributed by atoms with van der Waals surface area (Å²) in [5.74, 6) is -0.428. The van der Waals surface area contributed by atoms with Crippen molar-refractivity contribution in [3.8, 4) is 0 Å². The van der Waals surface area contributed by atoms with Crippen LogP contribution >= 0.6 is 0 Å². The van der Waals surface area contributed by atoms with Gasteiger partial charge in [-0.1, -0.05) is 6.92 Å². The maximum atomic E-state index is 12.3. The van der Waals surface area contributed by atoms with E-state index in [4.69, 9.17) is 0 Å². The van der Waals surface area contributed by atoms with Gasteiger partial charge in [0.1, 0.15) is 0 Å². The molecule has 0 aliphatic heterocycles. The Kier molecular flexibility index (Phi) is 1.03. The highest BCUT2D eigenvalue weighted by Crippen LogP contribution is 2.50. The molecule has 1 fully saturated rings. The molecule has 0 heterocycles. The first-order valence-electron chi connectivity index (χ1n) is 2.54. The van der Waals surface area contributed by atoms with E-state index in [0.29, 0.717) is 0 Å². The highest BCUT2D eigenvalue weighted by atomic mass is 19.3. The molecule has 1 rings (SSSR count). The van der Waals surface area contributed by atoms with E-state index in [0.717, 1.165) is 0 Å². The minimum atomic E-state index is -2.78. The summed E-state index contributed by atoms with van der Waals surface area (Å²) >= 11 is 0. The van der Waals surface area contributed by atoms with Gasteiger partial charge in [-0.15, -0.1) is 0 Å². The maximum Gasteiger partial charge on any atom is 0.272 e. The summed E-state index contributed by atoms with van der Waals surface area (Å²) in [5.41, 5.74) is -2.12. The Morgan fingerprint density at radius 1 is 1.62 bits per heavy atom. The molecule has 0 aromatic carbocycles. The molecule has 48 valence electrons. The average molecular weight is 124 g/mol. The summed E-state index contributed by atoms with van der Waals surface area (Å²) in [6.07, 6.45) is -2.75. The van der Waals surface area contributed by atoms with Crippen molar-refractivity contribution in [3.63, 3.8) is 0 Å². The first-order chi connectivity index (χ1) is 3.57. The molecule has 0 aromatic rings. The highest BCUT2D eigenvalue weighted by Gasteiger charge is 2.59. The Balaban J connectivity index is 2.47. The maximum absolute atomic E-state index is 12.3. The van der Waals surface area contributed by atoms with Gasteiger partial charge < -0.3 is 0 Å². The van der Waals surface area contributed by atoms with Gasteiger partial charge in [-0.3, -0.25) is 0 Å². The van der Waals surface area contributed by atoms with Crippen LogP contribution in [0, 0.1) is 5.92 Å². The van der Waals surface area contributed by atoms with Gasteiger partial charge in [0.15, 0.2) is 5.67 Å². The second-order valence-corrected chi connectivity index (χ2v) is 2.33. The van der Waals surface area contributed by atoms with Crippen LogP contribution in [0.1, 0.15) is 13.3 Å². The van der Waals surface area contributed by atoms with Crippen LogP contribution in [0.2, 0.25) is 0 Å².